The Bertz CT molecular complexity index is 459. The van der Waals surface area contributed by atoms with Crippen molar-refractivity contribution in [1.29, 1.82) is 0 Å². The SMILES string of the molecule is CC1CCCN(c2ccc(N)c(C(=O)O)c2)C1C. The number of rotatable bonds is 2. The number of nitrogens with two attached hydrogens (primary N) is 1. The first kappa shape index (κ1) is 12.7. The fourth-order valence-electron chi connectivity index (χ4n) is 2.61. The maximum atomic E-state index is 11.1. The van der Waals surface area contributed by atoms with E-state index in [4.69, 9.17) is 10.8 Å². The highest BCUT2D eigenvalue weighted by molar-refractivity contribution is 5.94. The lowest BCUT2D eigenvalue weighted by Crippen LogP contribution is -2.42. The normalized spacial score (nSPS) is 24.0. The van der Waals surface area contributed by atoms with Gasteiger partial charge in [-0.05, 0) is 43.9 Å². The van der Waals surface area contributed by atoms with Gasteiger partial charge in [0, 0.05) is 24.0 Å². The lowest BCUT2D eigenvalue weighted by molar-refractivity contribution is 0.0698. The van der Waals surface area contributed by atoms with E-state index in [1.54, 1.807) is 12.1 Å². The largest absolute Gasteiger partial charge is 0.478 e. The van der Waals surface area contributed by atoms with Crippen LogP contribution in [0.25, 0.3) is 0 Å². The van der Waals surface area contributed by atoms with Crippen LogP contribution in [-0.4, -0.2) is 23.7 Å². The van der Waals surface area contributed by atoms with Gasteiger partial charge in [0.25, 0.3) is 0 Å². The number of nitrogen functional groups attached to an aromatic ring is 1. The summed E-state index contributed by atoms with van der Waals surface area (Å²) in [5, 5.41) is 9.11. The Hall–Kier alpha value is -1.71. The van der Waals surface area contributed by atoms with Gasteiger partial charge in [-0.2, -0.15) is 0 Å². The molecule has 2 unspecified atom stereocenters. The fourth-order valence-corrected chi connectivity index (χ4v) is 2.61. The summed E-state index contributed by atoms with van der Waals surface area (Å²) >= 11 is 0. The molecule has 18 heavy (non-hydrogen) atoms. The van der Waals surface area contributed by atoms with Crippen molar-refractivity contribution in [2.75, 3.05) is 17.2 Å². The third-order valence-electron chi connectivity index (χ3n) is 3.97. The number of anilines is 2. The van der Waals surface area contributed by atoms with Crippen LogP contribution < -0.4 is 10.6 Å². The molecule has 0 amide bonds. The summed E-state index contributed by atoms with van der Waals surface area (Å²) in [7, 11) is 0. The van der Waals surface area contributed by atoms with Crippen LogP contribution in [0.15, 0.2) is 18.2 Å². The van der Waals surface area contributed by atoms with Gasteiger partial charge in [0.05, 0.1) is 5.56 Å². The van der Waals surface area contributed by atoms with Crippen molar-refractivity contribution in [3.05, 3.63) is 23.8 Å². The topological polar surface area (TPSA) is 66.6 Å². The van der Waals surface area contributed by atoms with E-state index >= 15 is 0 Å². The Kier molecular flexibility index (Phi) is 3.45. The fraction of sp³-hybridized carbons (Fsp3) is 0.500. The Morgan fingerprint density at radius 1 is 1.44 bits per heavy atom. The van der Waals surface area contributed by atoms with E-state index in [0.717, 1.165) is 18.7 Å². The molecule has 1 heterocycles. The van der Waals surface area contributed by atoms with Crippen molar-refractivity contribution in [1.82, 2.24) is 0 Å². The summed E-state index contributed by atoms with van der Waals surface area (Å²) in [6.07, 6.45) is 2.39. The number of nitrogens with zero attached hydrogens (tertiary/aromatic N) is 1. The van der Waals surface area contributed by atoms with Crippen LogP contribution in [0.3, 0.4) is 0 Å². The summed E-state index contributed by atoms with van der Waals surface area (Å²) in [6, 6.07) is 5.72. The van der Waals surface area contributed by atoms with Crippen molar-refractivity contribution in [3.8, 4) is 0 Å². The summed E-state index contributed by atoms with van der Waals surface area (Å²) in [5.41, 5.74) is 7.16. The van der Waals surface area contributed by atoms with E-state index in [1.807, 2.05) is 6.07 Å². The zero-order chi connectivity index (χ0) is 13.3. The van der Waals surface area contributed by atoms with E-state index in [2.05, 4.69) is 18.7 Å². The minimum Gasteiger partial charge on any atom is -0.478 e. The molecule has 1 aromatic carbocycles. The molecule has 4 nitrogen and oxygen atoms in total. The summed E-state index contributed by atoms with van der Waals surface area (Å²) < 4.78 is 0. The highest BCUT2D eigenvalue weighted by atomic mass is 16.4. The number of hydrogen-bond donors (Lipinski definition) is 2. The van der Waals surface area contributed by atoms with E-state index in [1.165, 1.54) is 6.42 Å². The number of carbonyl (C=O) groups is 1. The minimum absolute atomic E-state index is 0.193. The average molecular weight is 248 g/mol. The first-order chi connectivity index (χ1) is 8.50. The first-order valence-corrected chi connectivity index (χ1v) is 6.40. The zero-order valence-electron chi connectivity index (χ0n) is 10.9. The van der Waals surface area contributed by atoms with Gasteiger partial charge in [-0.1, -0.05) is 6.92 Å². The average Bonchev–Trinajstić information content (AvgIpc) is 2.33. The first-order valence-electron chi connectivity index (χ1n) is 6.40. The molecule has 1 saturated heterocycles. The van der Waals surface area contributed by atoms with Crippen molar-refractivity contribution in [3.63, 3.8) is 0 Å². The molecule has 1 fully saturated rings. The van der Waals surface area contributed by atoms with Gasteiger partial charge in [0.15, 0.2) is 0 Å². The van der Waals surface area contributed by atoms with Crippen LogP contribution in [0, 0.1) is 5.92 Å². The predicted octanol–water partition coefficient (Wildman–Crippen LogP) is 2.59. The second-order valence-electron chi connectivity index (χ2n) is 5.13. The molecule has 1 aliphatic rings. The van der Waals surface area contributed by atoms with Gasteiger partial charge < -0.3 is 15.7 Å². The van der Waals surface area contributed by atoms with Gasteiger partial charge in [-0.15, -0.1) is 0 Å². The Balaban J connectivity index is 2.33. The van der Waals surface area contributed by atoms with Crippen LogP contribution in [0.1, 0.15) is 37.0 Å². The van der Waals surface area contributed by atoms with Crippen molar-refractivity contribution in [2.45, 2.75) is 32.7 Å². The number of carboxylic acid groups (broad SMARTS) is 1. The molecule has 0 bridgehead atoms. The second-order valence-corrected chi connectivity index (χ2v) is 5.13. The van der Waals surface area contributed by atoms with Crippen LogP contribution >= 0.6 is 0 Å². The van der Waals surface area contributed by atoms with Crippen LogP contribution in [0.4, 0.5) is 11.4 Å². The molecule has 2 rings (SSSR count). The van der Waals surface area contributed by atoms with Gasteiger partial charge in [-0.25, -0.2) is 4.79 Å². The molecule has 1 aliphatic heterocycles. The van der Waals surface area contributed by atoms with Gasteiger partial charge in [-0.3, -0.25) is 0 Å². The standard InChI is InChI=1S/C14H20N2O2/c1-9-4-3-7-16(10(9)2)11-5-6-13(15)12(8-11)14(17)18/h5-6,8-10H,3-4,7,15H2,1-2H3,(H,17,18). The van der Waals surface area contributed by atoms with E-state index in [0.29, 0.717) is 17.6 Å². The quantitative estimate of drug-likeness (QED) is 0.789. The molecule has 98 valence electrons. The van der Waals surface area contributed by atoms with E-state index in [-0.39, 0.29) is 5.56 Å². The summed E-state index contributed by atoms with van der Waals surface area (Å²) in [4.78, 5) is 13.4. The lowest BCUT2D eigenvalue weighted by Gasteiger charge is -2.39. The van der Waals surface area contributed by atoms with Crippen LogP contribution in [0.2, 0.25) is 0 Å². The molecule has 0 radical (unpaired) electrons. The molecule has 0 spiro atoms. The highest BCUT2D eigenvalue weighted by Crippen LogP contribution is 2.30. The Morgan fingerprint density at radius 2 is 2.17 bits per heavy atom. The predicted molar refractivity (Wildman–Crippen MR) is 73.0 cm³/mol. The maximum Gasteiger partial charge on any atom is 0.337 e. The molecule has 1 aromatic rings. The number of hydrogen-bond acceptors (Lipinski definition) is 3. The Labute approximate surface area is 107 Å². The van der Waals surface area contributed by atoms with E-state index in [9.17, 15) is 4.79 Å². The van der Waals surface area contributed by atoms with Crippen molar-refractivity contribution >= 4 is 17.3 Å². The highest BCUT2D eigenvalue weighted by Gasteiger charge is 2.25. The Morgan fingerprint density at radius 3 is 2.83 bits per heavy atom. The molecule has 0 aromatic heterocycles. The van der Waals surface area contributed by atoms with Crippen molar-refractivity contribution in [2.24, 2.45) is 5.92 Å². The minimum atomic E-state index is -0.966. The number of benzene rings is 1. The van der Waals surface area contributed by atoms with Gasteiger partial charge in [0.1, 0.15) is 0 Å². The van der Waals surface area contributed by atoms with E-state index < -0.39 is 5.97 Å². The monoisotopic (exact) mass is 248 g/mol. The smallest absolute Gasteiger partial charge is 0.337 e. The number of aromatic carboxylic acids is 1. The molecule has 3 N–H and O–H groups in total. The third-order valence-corrected chi connectivity index (χ3v) is 3.97. The van der Waals surface area contributed by atoms with Crippen LogP contribution in [-0.2, 0) is 0 Å². The molecule has 0 saturated carbocycles. The number of carboxylic acids is 1. The number of piperidine rings is 1. The molecular formula is C14H20N2O2. The molecular weight excluding hydrogens is 228 g/mol. The zero-order valence-corrected chi connectivity index (χ0v) is 10.9. The van der Waals surface area contributed by atoms with Crippen molar-refractivity contribution < 1.29 is 9.90 Å². The maximum absolute atomic E-state index is 11.1. The summed E-state index contributed by atoms with van der Waals surface area (Å²) in [5.74, 6) is -0.336. The van der Waals surface area contributed by atoms with Gasteiger partial charge in [0.2, 0.25) is 0 Å². The van der Waals surface area contributed by atoms with Crippen LogP contribution in [0.5, 0.6) is 0 Å². The lowest BCUT2D eigenvalue weighted by atomic mass is 9.91. The molecule has 0 aliphatic carbocycles. The van der Waals surface area contributed by atoms with Gasteiger partial charge >= 0.3 is 5.97 Å². The third kappa shape index (κ3) is 2.28. The summed E-state index contributed by atoms with van der Waals surface area (Å²) in [6.45, 7) is 5.42. The second kappa shape index (κ2) is 4.88. The molecule has 2 atom stereocenters. The molecule has 4 heteroatoms.